The normalized spacial score (nSPS) is 11.5. The van der Waals surface area contributed by atoms with Crippen molar-refractivity contribution < 1.29 is 73.9 Å². The predicted octanol–water partition coefficient (Wildman–Crippen LogP) is -0.230. The van der Waals surface area contributed by atoms with E-state index in [1.807, 2.05) is 0 Å². The van der Waals surface area contributed by atoms with Crippen molar-refractivity contribution in [2.45, 2.75) is 32.9 Å². The molecule has 0 unspecified atom stereocenters. The molecule has 0 aliphatic rings. The molecule has 0 fully saturated rings. The zero-order chi connectivity index (χ0) is 14.7. The maximum Gasteiger partial charge on any atom is 1.00 e. The molecule has 3 nitrogen and oxygen atoms in total. The van der Waals surface area contributed by atoms with Gasteiger partial charge in [-0.1, -0.05) is 29.8 Å². The van der Waals surface area contributed by atoms with Crippen LogP contribution in [0.15, 0.2) is 24.3 Å². The van der Waals surface area contributed by atoms with Gasteiger partial charge in [-0.3, -0.25) is 0 Å². The number of hydrogen-bond donors (Lipinski definition) is 1. The minimum atomic E-state index is -5.09. The van der Waals surface area contributed by atoms with Gasteiger partial charge in [0.1, 0.15) is 5.60 Å². The summed E-state index contributed by atoms with van der Waals surface area (Å²) in [7, 11) is 0. The van der Waals surface area contributed by atoms with Gasteiger partial charge >= 0.3 is 64.5 Å². The van der Waals surface area contributed by atoms with Crippen LogP contribution in [-0.2, 0) is 11.3 Å². The van der Waals surface area contributed by atoms with Crippen molar-refractivity contribution in [1.82, 2.24) is 5.32 Å². The number of nitrogens with one attached hydrogen (secondary N) is 1. The van der Waals surface area contributed by atoms with E-state index in [-0.39, 0.29) is 63.5 Å². The zero-order valence-corrected chi connectivity index (χ0v) is 15.2. The molecule has 0 atom stereocenters. The first-order valence-electron chi connectivity index (χ1n) is 5.84. The smallest absolute Gasteiger partial charge is 0.445 e. The Kier molecular flexibility index (Phi) is 7.83. The van der Waals surface area contributed by atoms with Gasteiger partial charge in [0.25, 0.3) is 0 Å². The first kappa shape index (κ1) is 20.0. The van der Waals surface area contributed by atoms with Crippen molar-refractivity contribution in [3.8, 4) is 0 Å². The van der Waals surface area contributed by atoms with Crippen LogP contribution in [0.3, 0.4) is 0 Å². The molecule has 106 valence electrons. The third-order valence-corrected chi connectivity index (χ3v) is 2.23. The molecule has 0 aromatic heterocycles. The maximum absolute atomic E-state index is 12.8. The van der Waals surface area contributed by atoms with Crippen LogP contribution in [0.4, 0.5) is 17.7 Å². The molecule has 0 bridgehead atoms. The molecular formula is C12H16BF3KNO2. The van der Waals surface area contributed by atoms with Crippen molar-refractivity contribution in [1.29, 1.82) is 0 Å². The molecule has 20 heavy (non-hydrogen) atoms. The van der Waals surface area contributed by atoms with Gasteiger partial charge in [-0.15, -0.1) is 5.46 Å². The molecule has 0 radical (unpaired) electrons. The average Bonchev–Trinajstić information content (AvgIpc) is 2.23. The molecule has 8 heteroatoms. The molecule has 0 saturated carbocycles. The first-order chi connectivity index (χ1) is 8.59. The maximum atomic E-state index is 12.8. The average molecular weight is 313 g/mol. The van der Waals surface area contributed by atoms with Crippen molar-refractivity contribution >= 4 is 18.5 Å². The summed E-state index contributed by atoms with van der Waals surface area (Å²) in [6.45, 7) is -0.267. The van der Waals surface area contributed by atoms with E-state index < -0.39 is 24.1 Å². The summed E-state index contributed by atoms with van der Waals surface area (Å²) in [6, 6.07) is 5.16. The molecule has 0 aliphatic heterocycles. The number of rotatable bonds is 3. The number of amides is 1. The Hall–Kier alpha value is -0.0187. The third kappa shape index (κ3) is 7.12. The monoisotopic (exact) mass is 313 g/mol. The second-order valence-corrected chi connectivity index (χ2v) is 5.13. The topological polar surface area (TPSA) is 38.3 Å². The molecule has 0 aliphatic carbocycles. The fourth-order valence-electron chi connectivity index (χ4n) is 1.50. The first-order valence-corrected chi connectivity index (χ1v) is 5.84. The molecule has 1 rings (SSSR count). The van der Waals surface area contributed by atoms with Gasteiger partial charge in [0.15, 0.2) is 0 Å². The molecule has 1 amide bonds. The third-order valence-electron chi connectivity index (χ3n) is 2.23. The Labute approximate surface area is 159 Å². The van der Waals surface area contributed by atoms with E-state index >= 15 is 0 Å². The Balaban J connectivity index is 0.00000361. The summed E-state index contributed by atoms with van der Waals surface area (Å²) in [4.78, 5) is 11.4. The minimum absolute atomic E-state index is 0. The van der Waals surface area contributed by atoms with Crippen LogP contribution in [0.5, 0.6) is 0 Å². The van der Waals surface area contributed by atoms with Crippen LogP contribution in [-0.4, -0.2) is 18.7 Å². The number of carbonyl (C=O) groups excluding carboxylic acids is 1. The second kappa shape index (κ2) is 7.84. The van der Waals surface area contributed by atoms with Crippen molar-refractivity contribution in [3.05, 3.63) is 29.8 Å². The van der Waals surface area contributed by atoms with Crippen LogP contribution in [0.2, 0.25) is 0 Å². The van der Waals surface area contributed by atoms with Gasteiger partial charge in [-0.05, 0) is 20.8 Å². The van der Waals surface area contributed by atoms with Crippen molar-refractivity contribution in [3.63, 3.8) is 0 Å². The molecule has 0 heterocycles. The van der Waals surface area contributed by atoms with Crippen LogP contribution in [0, 0.1) is 0 Å². The van der Waals surface area contributed by atoms with Gasteiger partial charge in [0.2, 0.25) is 0 Å². The number of alkyl carbamates (subject to hydrolysis) is 1. The van der Waals surface area contributed by atoms with Gasteiger partial charge in [-0.25, -0.2) is 4.79 Å². The number of carbonyl (C=O) groups is 1. The largest absolute Gasteiger partial charge is 1.00 e. The van der Waals surface area contributed by atoms with E-state index in [1.165, 1.54) is 18.2 Å². The Morgan fingerprint density at radius 2 is 1.80 bits per heavy atom. The van der Waals surface area contributed by atoms with E-state index in [0.29, 0.717) is 0 Å². The minimum Gasteiger partial charge on any atom is -0.445 e. The Bertz CT molecular complexity index is 461. The van der Waals surface area contributed by atoms with Crippen LogP contribution in [0.25, 0.3) is 0 Å². The summed E-state index contributed by atoms with van der Waals surface area (Å²) < 4.78 is 43.2. The summed E-state index contributed by atoms with van der Waals surface area (Å²) >= 11 is 0. The van der Waals surface area contributed by atoms with Crippen molar-refractivity contribution in [2.24, 2.45) is 0 Å². The van der Waals surface area contributed by atoms with Gasteiger partial charge in [0.05, 0.1) is 0 Å². The van der Waals surface area contributed by atoms with E-state index in [1.54, 1.807) is 20.8 Å². The quantitative estimate of drug-likeness (QED) is 0.783. The predicted molar refractivity (Wildman–Crippen MR) is 68.2 cm³/mol. The molecule has 0 spiro atoms. The summed E-state index contributed by atoms with van der Waals surface area (Å²) in [6.07, 6.45) is -0.739. The second-order valence-electron chi connectivity index (χ2n) is 5.13. The molecule has 1 aromatic rings. The van der Waals surface area contributed by atoms with E-state index in [9.17, 15) is 17.7 Å². The number of halogens is 3. The van der Waals surface area contributed by atoms with Crippen LogP contribution >= 0.6 is 0 Å². The van der Waals surface area contributed by atoms with Gasteiger partial charge in [0, 0.05) is 6.54 Å². The van der Waals surface area contributed by atoms with Gasteiger partial charge in [-0.2, -0.15) is 0 Å². The number of benzene rings is 1. The van der Waals surface area contributed by atoms with E-state index in [0.717, 1.165) is 6.07 Å². The van der Waals surface area contributed by atoms with Crippen LogP contribution in [0.1, 0.15) is 26.3 Å². The Morgan fingerprint density at radius 3 is 2.30 bits per heavy atom. The molecular weight excluding hydrogens is 297 g/mol. The summed E-state index contributed by atoms with van der Waals surface area (Å²) in [5.74, 6) is 0. The van der Waals surface area contributed by atoms with Crippen LogP contribution < -0.4 is 62.2 Å². The van der Waals surface area contributed by atoms with Crippen molar-refractivity contribution in [2.75, 3.05) is 0 Å². The summed E-state index contributed by atoms with van der Waals surface area (Å²) in [5, 5.41) is 2.32. The molecule has 0 saturated heterocycles. The van der Waals surface area contributed by atoms with E-state index in [4.69, 9.17) is 4.74 Å². The van der Waals surface area contributed by atoms with Gasteiger partial charge < -0.3 is 23.0 Å². The zero-order valence-electron chi connectivity index (χ0n) is 12.0. The van der Waals surface area contributed by atoms with E-state index in [2.05, 4.69) is 5.32 Å². The SMILES string of the molecule is CC(C)(C)OC(=O)NCc1ccccc1[B-](F)(F)F.[K+]. The standard InChI is InChI=1S/C12H16BF3NO2.K/c1-12(2,3)19-11(18)17-8-9-6-4-5-7-10(9)13(14,15)16;/h4-7H,8H2,1-3H3,(H,17,18);/q-1;+1. The summed E-state index contributed by atoms with van der Waals surface area (Å²) in [5.41, 5.74) is -1.35. The number of ether oxygens (including phenoxy) is 1. The fraction of sp³-hybridized carbons (Fsp3) is 0.417. The Morgan fingerprint density at radius 1 is 1.25 bits per heavy atom. The molecule has 1 N–H and O–H groups in total. The number of hydrogen-bond acceptors (Lipinski definition) is 2. The fourth-order valence-corrected chi connectivity index (χ4v) is 1.50. The molecule has 1 aromatic carbocycles.